The standard InChI is InChI=1S/C9H3ClF4O2/c10-8(16)5-2-7(11)6(9(12,13)14)1-4(5)3-15/h1-3H. The van der Waals surface area contributed by atoms with Gasteiger partial charge in [-0.15, -0.1) is 0 Å². The lowest BCUT2D eigenvalue weighted by molar-refractivity contribution is -0.140. The van der Waals surface area contributed by atoms with E-state index in [1.807, 2.05) is 0 Å². The van der Waals surface area contributed by atoms with E-state index in [1.165, 1.54) is 0 Å². The van der Waals surface area contributed by atoms with Gasteiger partial charge >= 0.3 is 6.18 Å². The summed E-state index contributed by atoms with van der Waals surface area (Å²) >= 11 is 4.98. The van der Waals surface area contributed by atoms with E-state index in [1.54, 1.807) is 0 Å². The largest absolute Gasteiger partial charge is 0.419 e. The predicted molar refractivity (Wildman–Crippen MR) is 47.0 cm³/mol. The zero-order valence-electron chi connectivity index (χ0n) is 7.44. The molecular weight excluding hydrogens is 252 g/mol. The molecule has 0 aliphatic heterocycles. The summed E-state index contributed by atoms with van der Waals surface area (Å²) < 4.78 is 49.6. The molecule has 0 aliphatic rings. The van der Waals surface area contributed by atoms with Gasteiger partial charge in [0, 0.05) is 11.1 Å². The van der Waals surface area contributed by atoms with Crippen molar-refractivity contribution in [1.29, 1.82) is 0 Å². The van der Waals surface area contributed by atoms with Crippen molar-refractivity contribution < 1.29 is 27.2 Å². The molecule has 0 saturated carbocycles. The van der Waals surface area contributed by atoms with Crippen molar-refractivity contribution in [3.05, 3.63) is 34.6 Å². The average Bonchev–Trinajstić information content (AvgIpc) is 2.15. The number of alkyl halides is 3. The van der Waals surface area contributed by atoms with Crippen molar-refractivity contribution in [2.24, 2.45) is 0 Å². The lowest BCUT2D eigenvalue weighted by atomic mass is 10.0. The highest BCUT2D eigenvalue weighted by Crippen LogP contribution is 2.32. The molecular formula is C9H3ClF4O2. The maximum absolute atomic E-state index is 13.0. The van der Waals surface area contributed by atoms with Crippen molar-refractivity contribution in [2.75, 3.05) is 0 Å². The number of hydrogen-bond acceptors (Lipinski definition) is 2. The normalized spacial score (nSPS) is 11.3. The molecule has 0 N–H and O–H groups in total. The Morgan fingerprint density at radius 2 is 1.88 bits per heavy atom. The molecule has 0 saturated heterocycles. The van der Waals surface area contributed by atoms with Crippen LogP contribution in [0.4, 0.5) is 17.6 Å². The van der Waals surface area contributed by atoms with Gasteiger partial charge in [-0.25, -0.2) is 4.39 Å². The molecule has 1 aromatic carbocycles. The molecule has 0 radical (unpaired) electrons. The van der Waals surface area contributed by atoms with Gasteiger partial charge in [0.25, 0.3) is 5.24 Å². The molecule has 2 nitrogen and oxygen atoms in total. The van der Waals surface area contributed by atoms with Gasteiger partial charge in [0.05, 0.1) is 5.56 Å². The minimum absolute atomic E-state index is 0.00426. The monoisotopic (exact) mass is 254 g/mol. The van der Waals surface area contributed by atoms with Crippen LogP contribution in [-0.4, -0.2) is 11.5 Å². The van der Waals surface area contributed by atoms with Crippen molar-refractivity contribution in [1.82, 2.24) is 0 Å². The second kappa shape index (κ2) is 4.21. The van der Waals surface area contributed by atoms with Crippen LogP contribution in [0.5, 0.6) is 0 Å². The fourth-order valence-corrected chi connectivity index (χ4v) is 1.24. The first-order valence-electron chi connectivity index (χ1n) is 3.83. The smallest absolute Gasteiger partial charge is 0.298 e. The van der Waals surface area contributed by atoms with Crippen molar-refractivity contribution >= 4 is 23.1 Å². The zero-order chi connectivity index (χ0) is 12.5. The number of aldehydes is 1. The Morgan fingerprint density at radius 1 is 1.31 bits per heavy atom. The summed E-state index contributed by atoms with van der Waals surface area (Å²) in [6, 6.07) is 0.542. The molecule has 0 heterocycles. The molecule has 16 heavy (non-hydrogen) atoms. The maximum Gasteiger partial charge on any atom is 0.419 e. The quantitative estimate of drug-likeness (QED) is 0.462. The van der Waals surface area contributed by atoms with E-state index in [9.17, 15) is 27.2 Å². The summed E-state index contributed by atoms with van der Waals surface area (Å²) in [6.07, 6.45) is -4.93. The molecule has 0 atom stereocenters. The van der Waals surface area contributed by atoms with Crippen molar-refractivity contribution in [3.8, 4) is 0 Å². The molecule has 0 aliphatic carbocycles. The van der Waals surface area contributed by atoms with E-state index in [0.29, 0.717) is 6.07 Å². The van der Waals surface area contributed by atoms with Gasteiger partial charge in [-0.2, -0.15) is 13.2 Å². The molecule has 1 aromatic rings. The van der Waals surface area contributed by atoms with Gasteiger partial charge < -0.3 is 0 Å². The first-order valence-corrected chi connectivity index (χ1v) is 4.21. The Bertz CT molecular complexity index is 454. The molecule has 0 amide bonds. The van der Waals surface area contributed by atoms with Gasteiger partial charge in [0.15, 0.2) is 6.29 Å². The number of carbonyl (C=O) groups excluding carboxylic acids is 2. The summed E-state index contributed by atoms with van der Waals surface area (Å²) in [5.74, 6) is -1.65. The van der Waals surface area contributed by atoms with Crippen LogP contribution in [0.2, 0.25) is 0 Å². The third kappa shape index (κ3) is 2.38. The number of halogens is 5. The minimum atomic E-state index is -4.93. The number of rotatable bonds is 2. The summed E-state index contributed by atoms with van der Waals surface area (Å²) in [5.41, 5.74) is -2.81. The highest BCUT2D eigenvalue weighted by molar-refractivity contribution is 6.68. The van der Waals surface area contributed by atoms with E-state index in [4.69, 9.17) is 11.6 Å². The second-order valence-electron chi connectivity index (χ2n) is 2.81. The van der Waals surface area contributed by atoms with Crippen LogP contribution in [0, 0.1) is 5.82 Å². The molecule has 0 unspecified atom stereocenters. The van der Waals surface area contributed by atoms with Crippen LogP contribution >= 0.6 is 11.6 Å². The van der Waals surface area contributed by atoms with Crippen LogP contribution in [0.3, 0.4) is 0 Å². The summed E-state index contributed by atoms with van der Waals surface area (Å²) in [5, 5.41) is -1.20. The predicted octanol–water partition coefficient (Wildman–Crippen LogP) is 3.04. The molecule has 0 fully saturated rings. The Labute approximate surface area is 91.8 Å². The van der Waals surface area contributed by atoms with Crippen LogP contribution in [0.1, 0.15) is 26.3 Å². The fraction of sp³-hybridized carbons (Fsp3) is 0.111. The zero-order valence-corrected chi connectivity index (χ0v) is 8.19. The average molecular weight is 255 g/mol. The van der Waals surface area contributed by atoms with E-state index in [-0.39, 0.29) is 12.4 Å². The van der Waals surface area contributed by atoms with Gasteiger partial charge in [-0.1, -0.05) is 0 Å². The van der Waals surface area contributed by atoms with Gasteiger partial charge in [-0.3, -0.25) is 9.59 Å². The molecule has 0 aromatic heterocycles. The first-order chi connectivity index (χ1) is 7.27. The van der Waals surface area contributed by atoms with Crippen molar-refractivity contribution in [3.63, 3.8) is 0 Å². The highest BCUT2D eigenvalue weighted by atomic mass is 35.5. The molecule has 0 spiro atoms. The molecule has 86 valence electrons. The third-order valence-corrected chi connectivity index (χ3v) is 1.99. The topological polar surface area (TPSA) is 34.1 Å². The van der Waals surface area contributed by atoms with Gasteiger partial charge in [0.1, 0.15) is 5.82 Å². The van der Waals surface area contributed by atoms with Crippen LogP contribution in [0.25, 0.3) is 0 Å². The van der Waals surface area contributed by atoms with Crippen molar-refractivity contribution in [2.45, 2.75) is 6.18 Å². The first kappa shape index (κ1) is 12.6. The number of benzene rings is 1. The Balaban J connectivity index is 3.49. The SMILES string of the molecule is O=Cc1cc(C(F)(F)F)c(F)cc1C(=O)Cl. The van der Waals surface area contributed by atoms with E-state index in [2.05, 4.69) is 0 Å². The van der Waals surface area contributed by atoms with Crippen LogP contribution < -0.4 is 0 Å². The van der Waals surface area contributed by atoms with Crippen LogP contribution in [-0.2, 0) is 6.18 Å². The minimum Gasteiger partial charge on any atom is -0.298 e. The third-order valence-electron chi connectivity index (χ3n) is 1.78. The fourth-order valence-electron chi connectivity index (χ4n) is 1.07. The van der Waals surface area contributed by atoms with Gasteiger partial charge in [0.2, 0.25) is 0 Å². The Morgan fingerprint density at radius 3 is 2.25 bits per heavy atom. The maximum atomic E-state index is 13.0. The summed E-state index contributed by atoms with van der Waals surface area (Å²) in [7, 11) is 0. The number of carbonyl (C=O) groups is 2. The second-order valence-corrected chi connectivity index (χ2v) is 3.15. The van der Waals surface area contributed by atoms with E-state index >= 15 is 0 Å². The summed E-state index contributed by atoms with van der Waals surface area (Å²) in [4.78, 5) is 21.1. The Kier molecular flexibility index (Phi) is 3.32. The Hall–Kier alpha value is -1.43. The van der Waals surface area contributed by atoms with Gasteiger partial charge in [-0.05, 0) is 23.7 Å². The lowest BCUT2D eigenvalue weighted by Crippen LogP contribution is -2.11. The van der Waals surface area contributed by atoms with E-state index < -0.39 is 33.9 Å². The molecule has 1 rings (SSSR count). The number of hydrogen-bond donors (Lipinski definition) is 0. The van der Waals surface area contributed by atoms with E-state index in [0.717, 1.165) is 0 Å². The lowest BCUT2D eigenvalue weighted by Gasteiger charge is -2.09. The van der Waals surface area contributed by atoms with Crippen LogP contribution in [0.15, 0.2) is 12.1 Å². The molecule has 0 bridgehead atoms. The highest BCUT2D eigenvalue weighted by Gasteiger charge is 2.35. The summed E-state index contributed by atoms with van der Waals surface area (Å²) in [6.45, 7) is 0. The molecule has 7 heteroatoms.